The van der Waals surface area contributed by atoms with E-state index in [4.69, 9.17) is 0 Å². The molecular formula is C16H15NO2S. The van der Waals surface area contributed by atoms with Gasteiger partial charge in [-0.3, -0.25) is 9.59 Å². The number of ketones is 1. The highest BCUT2D eigenvalue weighted by atomic mass is 32.1. The summed E-state index contributed by atoms with van der Waals surface area (Å²) in [5, 5.41) is 2.71. The summed E-state index contributed by atoms with van der Waals surface area (Å²) >= 11 is 1.55. The fourth-order valence-electron chi connectivity index (χ4n) is 2.41. The van der Waals surface area contributed by atoms with E-state index in [0.717, 1.165) is 17.7 Å². The van der Waals surface area contributed by atoms with E-state index < -0.39 is 0 Å². The van der Waals surface area contributed by atoms with Crippen LogP contribution in [0.1, 0.15) is 36.9 Å². The molecule has 0 atom stereocenters. The molecule has 1 aromatic heterocycles. The lowest BCUT2D eigenvalue weighted by Gasteiger charge is -2.03. The van der Waals surface area contributed by atoms with Gasteiger partial charge in [0, 0.05) is 10.4 Å². The number of hydrogen-bond acceptors (Lipinski definition) is 3. The molecule has 102 valence electrons. The minimum absolute atomic E-state index is 0.0470. The van der Waals surface area contributed by atoms with Crippen molar-refractivity contribution in [2.75, 3.05) is 6.54 Å². The van der Waals surface area contributed by atoms with Gasteiger partial charge in [-0.15, -0.1) is 11.3 Å². The van der Waals surface area contributed by atoms with Gasteiger partial charge in [-0.25, -0.2) is 0 Å². The maximum absolute atomic E-state index is 12.0. The van der Waals surface area contributed by atoms with Crippen molar-refractivity contribution in [3.05, 3.63) is 57.3 Å². The van der Waals surface area contributed by atoms with Crippen molar-refractivity contribution in [1.82, 2.24) is 5.32 Å². The molecule has 1 aliphatic carbocycles. The summed E-state index contributed by atoms with van der Waals surface area (Å²) in [7, 11) is 0. The molecule has 3 nitrogen and oxygen atoms in total. The molecule has 4 heteroatoms. The molecule has 0 unspecified atom stereocenters. The van der Waals surface area contributed by atoms with Gasteiger partial charge >= 0.3 is 0 Å². The average Bonchev–Trinajstić information content (AvgIpc) is 3.06. The molecule has 0 spiro atoms. The van der Waals surface area contributed by atoms with Crippen LogP contribution in [0.15, 0.2) is 36.4 Å². The lowest BCUT2D eigenvalue weighted by atomic mass is 10.1. The second-order valence-electron chi connectivity index (χ2n) is 4.88. The van der Waals surface area contributed by atoms with Gasteiger partial charge in [0.1, 0.15) is 0 Å². The predicted octanol–water partition coefficient (Wildman–Crippen LogP) is 2.85. The standard InChI is InChI=1S/C16H15NO2S/c18-13(11-5-2-1-3-6-11)10-17-16(19)15-9-12-7-4-8-14(12)20-15/h1-3,5-6,9H,4,7-8,10H2,(H,17,19). The first-order chi connectivity index (χ1) is 9.74. The minimum atomic E-state index is -0.145. The predicted molar refractivity (Wildman–Crippen MR) is 79.4 cm³/mol. The molecule has 1 amide bonds. The first kappa shape index (κ1) is 13.1. The summed E-state index contributed by atoms with van der Waals surface area (Å²) in [6.45, 7) is 0.0470. The highest BCUT2D eigenvalue weighted by Crippen LogP contribution is 2.30. The molecule has 0 radical (unpaired) electrons. The SMILES string of the molecule is O=C(CNC(=O)c1cc2c(s1)CCC2)c1ccccc1. The van der Waals surface area contributed by atoms with Crippen molar-refractivity contribution in [2.45, 2.75) is 19.3 Å². The number of rotatable bonds is 4. The number of carbonyl (C=O) groups excluding carboxylic acids is 2. The Morgan fingerprint density at radius 2 is 1.95 bits per heavy atom. The number of amides is 1. The normalized spacial score (nSPS) is 13.0. The Bertz CT molecular complexity index is 624. The lowest BCUT2D eigenvalue weighted by Crippen LogP contribution is -2.28. The van der Waals surface area contributed by atoms with Crippen molar-refractivity contribution in [3.8, 4) is 0 Å². The van der Waals surface area contributed by atoms with Crippen molar-refractivity contribution < 1.29 is 9.59 Å². The highest BCUT2D eigenvalue weighted by Gasteiger charge is 2.18. The summed E-state index contributed by atoms with van der Waals surface area (Å²) in [4.78, 5) is 26.0. The van der Waals surface area contributed by atoms with Gasteiger partial charge in [-0.1, -0.05) is 30.3 Å². The number of fused-ring (bicyclic) bond motifs is 1. The molecule has 1 aromatic carbocycles. The zero-order valence-corrected chi connectivity index (χ0v) is 11.8. The average molecular weight is 285 g/mol. The molecule has 20 heavy (non-hydrogen) atoms. The van der Waals surface area contributed by atoms with Gasteiger partial charge in [0.25, 0.3) is 5.91 Å². The Balaban J connectivity index is 1.60. The van der Waals surface area contributed by atoms with Gasteiger partial charge in [0.15, 0.2) is 5.78 Å². The Hall–Kier alpha value is -1.94. The molecule has 0 bridgehead atoms. The summed E-state index contributed by atoms with van der Waals surface area (Å²) in [6, 6.07) is 11.0. The van der Waals surface area contributed by atoms with Gasteiger partial charge < -0.3 is 5.32 Å². The maximum atomic E-state index is 12.0. The highest BCUT2D eigenvalue weighted by molar-refractivity contribution is 7.14. The third-order valence-electron chi connectivity index (χ3n) is 3.48. The largest absolute Gasteiger partial charge is 0.344 e. The summed E-state index contributed by atoms with van der Waals surface area (Å²) in [6.07, 6.45) is 3.34. The molecule has 0 aliphatic heterocycles. The van der Waals surface area contributed by atoms with Crippen LogP contribution in [0.3, 0.4) is 0 Å². The molecule has 1 heterocycles. The van der Waals surface area contributed by atoms with E-state index >= 15 is 0 Å². The van der Waals surface area contributed by atoms with Gasteiger partial charge in [0.05, 0.1) is 11.4 Å². The summed E-state index contributed by atoms with van der Waals surface area (Å²) in [5.74, 6) is -0.211. The molecule has 2 aromatic rings. The topological polar surface area (TPSA) is 46.2 Å². The molecule has 0 fully saturated rings. The quantitative estimate of drug-likeness (QED) is 0.878. The van der Waals surface area contributed by atoms with E-state index in [9.17, 15) is 9.59 Å². The van der Waals surface area contributed by atoms with Crippen LogP contribution in [0.25, 0.3) is 0 Å². The number of hydrogen-bond donors (Lipinski definition) is 1. The van der Waals surface area contributed by atoms with E-state index in [-0.39, 0.29) is 18.2 Å². The van der Waals surface area contributed by atoms with E-state index in [1.54, 1.807) is 23.5 Å². The van der Waals surface area contributed by atoms with Crippen molar-refractivity contribution in [1.29, 1.82) is 0 Å². The third kappa shape index (κ3) is 2.65. The fraction of sp³-hybridized carbons (Fsp3) is 0.250. The van der Waals surface area contributed by atoms with Crippen LogP contribution in [0, 0.1) is 0 Å². The zero-order valence-electron chi connectivity index (χ0n) is 11.0. The number of benzene rings is 1. The number of nitrogens with one attached hydrogen (secondary N) is 1. The Morgan fingerprint density at radius 3 is 2.70 bits per heavy atom. The second kappa shape index (κ2) is 5.59. The fourth-order valence-corrected chi connectivity index (χ4v) is 3.58. The van der Waals surface area contributed by atoms with Crippen molar-refractivity contribution in [2.24, 2.45) is 0 Å². The first-order valence-corrected chi connectivity index (χ1v) is 7.54. The first-order valence-electron chi connectivity index (χ1n) is 6.72. The lowest BCUT2D eigenvalue weighted by molar-refractivity contribution is 0.0906. The van der Waals surface area contributed by atoms with Gasteiger partial charge in [0.2, 0.25) is 0 Å². The zero-order chi connectivity index (χ0) is 13.9. The summed E-state index contributed by atoms with van der Waals surface area (Å²) < 4.78 is 0. The maximum Gasteiger partial charge on any atom is 0.261 e. The number of Topliss-reactive ketones (excluding diaryl/α,β-unsaturated/α-hetero) is 1. The molecule has 1 N–H and O–H groups in total. The van der Waals surface area contributed by atoms with Crippen LogP contribution in [-0.4, -0.2) is 18.2 Å². The number of aryl methyl sites for hydroxylation is 2. The minimum Gasteiger partial charge on any atom is -0.344 e. The van der Waals surface area contributed by atoms with Crippen LogP contribution in [0.5, 0.6) is 0 Å². The van der Waals surface area contributed by atoms with Crippen molar-refractivity contribution >= 4 is 23.0 Å². The van der Waals surface area contributed by atoms with E-state index in [2.05, 4.69) is 5.32 Å². The number of carbonyl (C=O) groups is 2. The van der Waals surface area contributed by atoms with Crippen LogP contribution >= 0.6 is 11.3 Å². The second-order valence-corrected chi connectivity index (χ2v) is 6.02. The van der Waals surface area contributed by atoms with Gasteiger partial charge in [-0.05, 0) is 30.9 Å². The van der Waals surface area contributed by atoms with Gasteiger partial charge in [-0.2, -0.15) is 0 Å². The van der Waals surface area contributed by atoms with E-state index in [0.29, 0.717) is 5.56 Å². The monoisotopic (exact) mass is 285 g/mol. The molecule has 0 saturated carbocycles. The molecule has 0 saturated heterocycles. The van der Waals surface area contributed by atoms with E-state index in [1.165, 1.54) is 16.9 Å². The Kier molecular flexibility index (Phi) is 3.65. The molecular weight excluding hydrogens is 270 g/mol. The Morgan fingerprint density at radius 1 is 1.15 bits per heavy atom. The third-order valence-corrected chi connectivity index (χ3v) is 4.71. The van der Waals surface area contributed by atoms with Crippen molar-refractivity contribution in [3.63, 3.8) is 0 Å². The number of thiophene rings is 1. The van der Waals surface area contributed by atoms with Crippen LogP contribution in [0.4, 0.5) is 0 Å². The van der Waals surface area contributed by atoms with Crippen LogP contribution < -0.4 is 5.32 Å². The Labute approximate surface area is 121 Å². The van der Waals surface area contributed by atoms with Crippen LogP contribution in [-0.2, 0) is 12.8 Å². The summed E-state index contributed by atoms with van der Waals surface area (Å²) in [5.41, 5.74) is 1.93. The van der Waals surface area contributed by atoms with Crippen LogP contribution in [0.2, 0.25) is 0 Å². The smallest absolute Gasteiger partial charge is 0.261 e. The van der Waals surface area contributed by atoms with E-state index in [1.807, 2.05) is 24.3 Å². The molecule has 3 rings (SSSR count). The molecule has 1 aliphatic rings.